The van der Waals surface area contributed by atoms with E-state index < -0.39 is 31.4 Å². The van der Waals surface area contributed by atoms with Crippen LogP contribution >= 0.6 is 0 Å². The van der Waals surface area contributed by atoms with E-state index in [1.807, 2.05) is 42.5 Å². The Morgan fingerprint density at radius 1 is 0.457 bits per heavy atom. The second-order valence-electron chi connectivity index (χ2n) is 9.53. The third-order valence-corrected chi connectivity index (χ3v) is 7.55. The van der Waals surface area contributed by atoms with Crippen molar-refractivity contribution in [2.75, 3.05) is 0 Å². The highest BCUT2D eigenvalue weighted by atomic mass is 14.7. The largest absolute Gasteiger partial charge is 0.256 e. The predicted octanol–water partition coefficient (Wildman–Crippen LogP) is 1.06. The molecule has 0 atom stereocenters. The van der Waals surface area contributed by atoms with Crippen LogP contribution in [0.1, 0.15) is 5.56 Å². The molecule has 1 saturated carbocycles. The first-order valence-corrected chi connectivity index (χ1v) is 10.8. The second-order valence-corrected chi connectivity index (χ2v) is 9.53. The minimum absolute atomic E-state index is 0.282. The van der Waals surface area contributed by atoms with Gasteiger partial charge in [-0.2, -0.15) is 0 Å². The second kappa shape index (κ2) is 8.16. The van der Waals surface area contributed by atoms with Crippen LogP contribution < -0.4 is 0 Å². The number of pyridine rings is 1. The summed E-state index contributed by atoms with van der Waals surface area (Å²) in [6, 6.07) is 20.5. The van der Waals surface area contributed by atoms with Gasteiger partial charge in [0.25, 0.3) is 0 Å². The van der Waals surface area contributed by atoms with Gasteiger partial charge in [-0.3, -0.25) is 4.98 Å². The maximum Gasteiger partial charge on any atom is 0.0784 e. The van der Waals surface area contributed by atoms with Gasteiger partial charge in [0.05, 0.1) is 92.0 Å². The zero-order valence-electron chi connectivity index (χ0n) is 19.2. The van der Waals surface area contributed by atoms with E-state index in [-0.39, 0.29) is 5.56 Å². The van der Waals surface area contributed by atoms with Gasteiger partial charge in [0.2, 0.25) is 0 Å². The summed E-state index contributed by atoms with van der Waals surface area (Å²) in [5, 5.41) is -13.5. The van der Waals surface area contributed by atoms with Crippen LogP contribution in [0.4, 0.5) is 0 Å². The highest BCUT2D eigenvalue weighted by Gasteiger charge is 2.69. The van der Waals surface area contributed by atoms with Gasteiger partial charge in [-0.15, -0.1) is 26.1 Å². The van der Waals surface area contributed by atoms with E-state index in [1.54, 1.807) is 30.5 Å². The molecular weight excluding hydrogens is 409 g/mol. The summed E-state index contributed by atoms with van der Waals surface area (Å²) in [6.45, 7) is 0. The highest BCUT2D eigenvalue weighted by molar-refractivity contribution is 6.72. The van der Waals surface area contributed by atoms with Gasteiger partial charge < -0.3 is 0 Å². The van der Waals surface area contributed by atoms with Crippen LogP contribution in [-0.4, -0.2) is 91.3 Å². The van der Waals surface area contributed by atoms with E-state index in [4.69, 9.17) is 86.3 Å². The fraction of sp³-hybridized carbons (Fsp3) is 0.261. The quantitative estimate of drug-likeness (QED) is 0.577. The monoisotopic (exact) mass is 423 g/mol. The first-order chi connectivity index (χ1) is 16.0. The van der Waals surface area contributed by atoms with Gasteiger partial charge in [0, 0.05) is 11.8 Å². The van der Waals surface area contributed by atoms with Gasteiger partial charge in [0.1, 0.15) is 0 Å². The Kier molecular flexibility index (Phi) is 6.14. The smallest absolute Gasteiger partial charge is 0.0784 e. The summed E-state index contributed by atoms with van der Waals surface area (Å²) in [6.07, 6.45) is 1.73. The minimum atomic E-state index is -2.30. The molecule has 35 heavy (non-hydrogen) atoms. The molecule has 1 nitrogen and oxygen atoms in total. The Morgan fingerprint density at radius 2 is 0.943 bits per heavy atom. The van der Waals surface area contributed by atoms with Crippen molar-refractivity contribution in [3.05, 3.63) is 78.5 Å². The summed E-state index contributed by atoms with van der Waals surface area (Å²) in [7, 11) is 69.8. The van der Waals surface area contributed by atoms with E-state index in [1.165, 1.54) is 0 Å². The van der Waals surface area contributed by atoms with Crippen molar-refractivity contribution in [1.82, 2.24) is 4.98 Å². The Hall–Kier alpha value is -1.70. The zero-order valence-corrected chi connectivity index (χ0v) is 19.2. The molecule has 1 aliphatic rings. The number of benzene rings is 2. The van der Waals surface area contributed by atoms with Gasteiger partial charge >= 0.3 is 0 Å². The van der Waals surface area contributed by atoms with Gasteiger partial charge in [0.15, 0.2) is 0 Å². The lowest BCUT2D eigenvalue weighted by atomic mass is 8.96. The molecular formula is C23H12B11N. The van der Waals surface area contributed by atoms with Crippen molar-refractivity contribution in [1.29, 1.82) is 0 Å². The predicted molar refractivity (Wildman–Crippen MR) is 154 cm³/mol. The molecule has 1 heterocycles. The third-order valence-electron chi connectivity index (χ3n) is 7.55. The lowest BCUT2D eigenvalue weighted by Crippen LogP contribution is -2.70. The van der Waals surface area contributed by atoms with E-state index in [0.29, 0.717) is 0 Å². The van der Waals surface area contributed by atoms with Crippen LogP contribution in [0.3, 0.4) is 0 Å². The summed E-state index contributed by atoms with van der Waals surface area (Å²) in [4.78, 5) is 4.46. The molecule has 0 N–H and O–H groups in total. The fourth-order valence-electron chi connectivity index (χ4n) is 4.80. The molecule has 2 aromatic carbocycles. The molecule has 4 rings (SSSR count). The number of hydrogen-bond donors (Lipinski definition) is 0. The molecule has 1 fully saturated rings. The molecule has 22 radical (unpaired) electrons. The lowest BCUT2D eigenvalue weighted by molar-refractivity contribution is 0.273. The SMILES string of the molecule is [B]C1([B])C([B])([B])C([B])([B])C([B])(c2ccc(-c3ccnc(-c4ccccc4)c3)cc2)C([B])([B])C1([B])[B]. The number of aromatic nitrogens is 1. The zero-order chi connectivity index (χ0) is 26.1. The van der Waals surface area contributed by atoms with E-state index >= 15 is 0 Å². The topological polar surface area (TPSA) is 12.9 Å². The summed E-state index contributed by atoms with van der Waals surface area (Å²) >= 11 is 0. The maximum absolute atomic E-state index is 6.76. The molecule has 0 bridgehead atoms. The molecule has 142 valence electrons. The Labute approximate surface area is 223 Å². The van der Waals surface area contributed by atoms with Gasteiger partial charge in [-0.25, -0.2) is 0 Å². The Morgan fingerprint density at radius 3 is 1.46 bits per heavy atom. The van der Waals surface area contributed by atoms with Crippen LogP contribution in [0, 0.1) is 0 Å². The van der Waals surface area contributed by atoms with E-state index in [0.717, 1.165) is 22.4 Å². The average molecular weight is 421 g/mol. The highest BCUT2D eigenvalue weighted by Crippen LogP contribution is 2.83. The number of hydrogen-bond acceptors (Lipinski definition) is 1. The first kappa shape index (κ1) is 26.4. The van der Waals surface area contributed by atoms with Crippen LogP contribution in [0.5, 0.6) is 0 Å². The molecule has 0 aliphatic heterocycles. The van der Waals surface area contributed by atoms with Crippen LogP contribution in [0.2, 0.25) is 26.1 Å². The van der Waals surface area contributed by atoms with Crippen molar-refractivity contribution in [3.63, 3.8) is 0 Å². The molecule has 0 saturated heterocycles. The normalized spacial score (nSPS) is 22.6. The summed E-state index contributed by atoms with van der Waals surface area (Å²) < 4.78 is 0. The molecule has 1 aliphatic carbocycles. The Balaban J connectivity index is 1.81. The molecule has 12 heteroatoms. The van der Waals surface area contributed by atoms with Crippen LogP contribution in [0.25, 0.3) is 22.4 Å². The molecule has 3 aromatic rings. The summed E-state index contributed by atoms with van der Waals surface area (Å²) in [5.41, 5.74) is 3.83. The molecule has 0 amide bonds. The van der Waals surface area contributed by atoms with Crippen molar-refractivity contribution in [2.45, 2.75) is 31.4 Å². The lowest BCUT2D eigenvalue weighted by Gasteiger charge is -2.82. The van der Waals surface area contributed by atoms with Crippen molar-refractivity contribution in [3.8, 4) is 22.4 Å². The molecule has 1 aromatic heterocycles. The van der Waals surface area contributed by atoms with Crippen LogP contribution in [0.15, 0.2) is 72.9 Å². The fourth-order valence-corrected chi connectivity index (χ4v) is 4.80. The first-order valence-electron chi connectivity index (χ1n) is 10.8. The minimum Gasteiger partial charge on any atom is -0.256 e. The average Bonchev–Trinajstić information content (AvgIpc) is 2.83. The standard InChI is InChI=1S/C23H12B11N/c24-18(19(25,26)21(29,30)23(33,34)22(31,32)20(18,27)28)16-8-6-13(7-9-16)15-10-11-35-17(12-15)14-4-2-1-3-5-14/h1-12H. The molecule has 0 unspecified atom stereocenters. The van der Waals surface area contributed by atoms with E-state index in [2.05, 4.69) is 4.98 Å². The Bertz CT molecular complexity index is 1210. The van der Waals surface area contributed by atoms with Crippen LogP contribution in [-0.2, 0) is 5.31 Å². The van der Waals surface area contributed by atoms with E-state index in [9.17, 15) is 0 Å². The number of rotatable bonds is 3. The van der Waals surface area contributed by atoms with Gasteiger partial charge in [-0.1, -0.05) is 65.5 Å². The van der Waals surface area contributed by atoms with Crippen molar-refractivity contribution >= 4 is 86.3 Å². The molecule has 0 spiro atoms. The van der Waals surface area contributed by atoms with Crippen molar-refractivity contribution in [2.24, 2.45) is 0 Å². The van der Waals surface area contributed by atoms with Crippen molar-refractivity contribution < 1.29 is 0 Å². The van der Waals surface area contributed by atoms with Gasteiger partial charge in [-0.05, 0) is 23.3 Å². The maximum atomic E-state index is 6.76. The summed E-state index contributed by atoms with van der Waals surface area (Å²) in [5.74, 6) is 0. The number of nitrogens with zero attached hydrogens (tertiary/aromatic N) is 1. The third kappa shape index (κ3) is 3.34.